The molecular formula is C24H29N5O3S2. The largest absolute Gasteiger partial charge is 0.465 e. The number of aryl methyl sites for hydroxylation is 1. The van der Waals surface area contributed by atoms with E-state index in [9.17, 15) is 8.42 Å². The molecule has 2 aromatic heterocycles. The molecule has 0 unspecified atom stereocenters. The molecule has 0 radical (unpaired) electrons. The number of benzene rings is 1. The highest BCUT2D eigenvalue weighted by Gasteiger charge is 2.27. The van der Waals surface area contributed by atoms with Crippen LogP contribution in [0.25, 0.3) is 15.8 Å². The molecule has 4 heterocycles. The molecule has 0 spiro atoms. The maximum Gasteiger partial charge on any atom is 0.274 e. The summed E-state index contributed by atoms with van der Waals surface area (Å²) < 4.78 is 32.3. The number of fused-ring (bicyclic) bond motifs is 1. The zero-order valence-corrected chi connectivity index (χ0v) is 21.1. The Hall–Kier alpha value is -2.56. The Morgan fingerprint density at radius 1 is 1.21 bits per heavy atom. The number of rotatable bonds is 7. The minimum absolute atomic E-state index is 0.0574. The van der Waals surface area contributed by atoms with Gasteiger partial charge in [0.2, 0.25) is 16.0 Å². The maximum absolute atomic E-state index is 11.8. The van der Waals surface area contributed by atoms with Gasteiger partial charge in [-0.1, -0.05) is 36.8 Å². The lowest BCUT2D eigenvalue weighted by molar-refractivity contribution is 0.224. The number of hydrogen-bond donors (Lipinski definition) is 0. The second-order valence-corrected chi connectivity index (χ2v) is 11.9. The average Bonchev–Trinajstić information content (AvgIpc) is 3.45. The van der Waals surface area contributed by atoms with Crippen LogP contribution >= 0.6 is 11.3 Å². The van der Waals surface area contributed by atoms with Gasteiger partial charge in [-0.05, 0) is 41.7 Å². The highest BCUT2D eigenvalue weighted by atomic mass is 32.2. The molecule has 3 aromatic rings. The van der Waals surface area contributed by atoms with Crippen LogP contribution in [0, 0.1) is 0 Å². The van der Waals surface area contributed by atoms with Gasteiger partial charge in [-0.25, -0.2) is 23.4 Å². The minimum atomic E-state index is -3.15. The molecule has 0 bridgehead atoms. The van der Waals surface area contributed by atoms with Crippen LogP contribution in [0.4, 0.5) is 5.95 Å². The smallest absolute Gasteiger partial charge is 0.274 e. The van der Waals surface area contributed by atoms with Gasteiger partial charge < -0.3 is 9.64 Å². The molecule has 1 fully saturated rings. The summed E-state index contributed by atoms with van der Waals surface area (Å²) in [6.07, 6.45) is 10.9. The Balaban J connectivity index is 1.24. The lowest BCUT2D eigenvalue weighted by Gasteiger charge is -2.24. The molecule has 8 nitrogen and oxygen atoms in total. The van der Waals surface area contributed by atoms with Gasteiger partial charge in [-0.2, -0.15) is 4.31 Å². The molecule has 1 saturated heterocycles. The van der Waals surface area contributed by atoms with Crippen LogP contribution in [0.15, 0.2) is 36.7 Å². The third-order valence-electron chi connectivity index (χ3n) is 6.31. The molecule has 2 aliphatic rings. The number of anilines is 1. The summed E-state index contributed by atoms with van der Waals surface area (Å²) in [5.41, 5.74) is 4.38. The normalized spacial score (nSPS) is 19.5. The molecule has 1 aromatic carbocycles. The standard InChI is InChI=1S/C24H29N5O3S2/c1-3-4-17-14-25-23(26-15-17)28-10-9-20(16-28)32-24-27-21-6-5-19(13-22(21)33-24)18-7-11-29(12-8-18)34(2,30)31/h5-7,13-15,20H,3-4,8-12,16H2,1-2H3/t20-/m1/s1. The zero-order chi connectivity index (χ0) is 23.7. The van der Waals surface area contributed by atoms with Crippen molar-refractivity contribution in [3.8, 4) is 5.19 Å². The highest BCUT2D eigenvalue weighted by molar-refractivity contribution is 7.88. The Morgan fingerprint density at radius 3 is 2.74 bits per heavy atom. The Kier molecular flexibility index (Phi) is 6.54. The summed E-state index contributed by atoms with van der Waals surface area (Å²) in [6, 6.07) is 6.21. The van der Waals surface area contributed by atoms with Crippen LogP contribution < -0.4 is 9.64 Å². The quantitative estimate of drug-likeness (QED) is 0.489. The molecule has 1 atom stereocenters. The highest BCUT2D eigenvalue weighted by Crippen LogP contribution is 2.33. The lowest BCUT2D eigenvalue weighted by Crippen LogP contribution is -2.33. The summed E-state index contributed by atoms with van der Waals surface area (Å²) in [5.74, 6) is 0.759. The summed E-state index contributed by atoms with van der Waals surface area (Å²) >= 11 is 1.55. The number of nitrogens with zero attached hydrogens (tertiary/aromatic N) is 5. The first kappa shape index (κ1) is 23.2. The van der Waals surface area contributed by atoms with Gasteiger partial charge in [-0.15, -0.1) is 0 Å². The number of thiazole rings is 1. The molecule has 34 heavy (non-hydrogen) atoms. The van der Waals surface area contributed by atoms with E-state index < -0.39 is 10.0 Å². The summed E-state index contributed by atoms with van der Waals surface area (Å²) in [7, 11) is -3.15. The van der Waals surface area contributed by atoms with Crippen molar-refractivity contribution in [3.05, 3.63) is 47.8 Å². The van der Waals surface area contributed by atoms with E-state index >= 15 is 0 Å². The predicted octanol–water partition coefficient (Wildman–Crippen LogP) is 3.75. The Labute approximate surface area is 204 Å². The van der Waals surface area contributed by atoms with Crippen molar-refractivity contribution in [2.24, 2.45) is 0 Å². The van der Waals surface area contributed by atoms with Gasteiger partial charge >= 0.3 is 0 Å². The third-order valence-corrected chi connectivity index (χ3v) is 8.48. The van der Waals surface area contributed by atoms with Gasteiger partial charge in [0.15, 0.2) is 0 Å². The minimum Gasteiger partial charge on any atom is -0.465 e. The van der Waals surface area contributed by atoms with E-state index in [1.54, 1.807) is 11.3 Å². The van der Waals surface area contributed by atoms with E-state index in [-0.39, 0.29) is 6.10 Å². The van der Waals surface area contributed by atoms with Gasteiger partial charge in [0, 0.05) is 38.4 Å². The van der Waals surface area contributed by atoms with Crippen molar-refractivity contribution in [1.82, 2.24) is 19.3 Å². The van der Waals surface area contributed by atoms with Crippen LogP contribution in [-0.2, 0) is 16.4 Å². The van der Waals surface area contributed by atoms with Gasteiger partial charge in [0.1, 0.15) is 6.10 Å². The first-order valence-corrected chi connectivity index (χ1v) is 14.3. The van der Waals surface area contributed by atoms with E-state index in [2.05, 4.69) is 38.9 Å². The van der Waals surface area contributed by atoms with Gasteiger partial charge in [0.05, 0.1) is 23.0 Å². The SMILES string of the molecule is CCCc1cnc(N2CC[C@@H](Oc3nc4ccc(C5=CCN(S(C)(=O)=O)CC5)cc4s3)C2)nc1. The predicted molar refractivity (Wildman–Crippen MR) is 136 cm³/mol. The monoisotopic (exact) mass is 499 g/mol. The molecule has 2 aliphatic heterocycles. The molecular weight excluding hydrogens is 470 g/mol. The second kappa shape index (κ2) is 9.59. The van der Waals surface area contributed by atoms with E-state index in [1.165, 1.54) is 21.7 Å². The van der Waals surface area contributed by atoms with Crippen LogP contribution in [0.5, 0.6) is 5.19 Å². The zero-order valence-electron chi connectivity index (χ0n) is 19.5. The van der Waals surface area contributed by atoms with Crippen molar-refractivity contribution in [2.45, 2.75) is 38.7 Å². The Bertz CT molecular complexity index is 1300. The molecule has 0 amide bonds. The van der Waals surface area contributed by atoms with Crippen LogP contribution in [-0.4, -0.2) is 66.2 Å². The molecule has 0 aliphatic carbocycles. The molecule has 180 valence electrons. The number of aromatic nitrogens is 3. The lowest BCUT2D eigenvalue weighted by atomic mass is 10.0. The topological polar surface area (TPSA) is 88.5 Å². The molecule has 0 saturated carbocycles. The van der Waals surface area contributed by atoms with E-state index in [0.29, 0.717) is 24.7 Å². The van der Waals surface area contributed by atoms with E-state index in [0.717, 1.165) is 54.1 Å². The summed E-state index contributed by atoms with van der Waals surface area (Å²) in [5, 5.41) is 0.680. The molecule has 0 N–H and O–H groups in total. The number of ether oxygens (including phenoxy) is 1. The third kappa shape index (κ3) is 5.08. The first-order chi connectivity index (χ1) is 16.4. The average molecular weight is 500 g/mol. The maximum atomic E-state index is 11.8. The second-order valence-electron chi connectivity index (χ2n) is 8.88. The van der Waals surface area contributed by atoms with Crippen molar-refractivity contribution in [2.75, 3.05) is 37.3 Å². The van der Waals surface area contributed by atoms with Gasteiger partial charge in [-0.3, -0.25) is 0 Å². The summed E-state index contributed by atoms with van der Waals surface area (Å²) in [6.45, 7) is 4.71. The van der Waals surface area contributed by atoms with E-state index in [4.69, 9.17) is 4.74 Å². The Morgan fingerprint density at radius 2 is 2.03 bits per heavy atom. The first-order valence-electron chi connectivity index (χ1n) is 11.7. The number of sulfonamides is 1. The van der Waals surface area contributed by atoms with Gasteiger partial charge in [0.25, 0.3) is 5.19 Å². The van der Waals surface area contributed by atoms with Crippen molar-refractivity contribution in [1.29, 1.82) is 0 Å². The molecule has 5 rings (SSSR count). The van der Waals surface area contributed by atoms with Crippen molar-refractivity contribution < 1.29 is 13.2 Å². The fourth-order valence-electron chi connectivity index (χ4n) is 4.45. The van der Waals surface area contributed by atoms with E-state index in [1.807, 2.05) is 24.5 Å². The van der Waals surface area contributed by atoms with Crippen molar-refractivity contribution >= 4 is 43.1 Å². The number of hydrogen-bond acceptors (Lipinski definition) is 8. The fourth-order valence-corrected chi connectivity index (χ4v) is 6.13. The van der Waals surface area contributed by atoms with Crippen LogP contribution in [0.1, 0.15) is 37.3 Å². The van der Waals surface area contributed by atoms with Crippen molar-refractivity contribution in [3.63, 3.8) is 0 Å². The summed E-state index contributed by atoms with van der Waals surface area (Å²) in [4.78, 5) is 15.9. The van der Waals surface area contributed by atoms with Crippen LogP contribution in [0.2, 0.25) is 0 Å². The molecule has 10 heteroatoms. The van der Waals surface area contributed by atoms with Crippen LogP contribution in [0.3, 0.4) is 0 Å². The fraction of sp³-hybridized carbons (Fsp3) is 0.458.